The van der Waals surface area contributed by atoms with Crippen molar-refractivity contribution in [2.75, 3.05) is 0 Å². The zero-order valence-electron chi connectivity index (χ0n) is 4.45. The van der Waals surface area contributed by atoms with Gasteiger partial charge in [0.05, 0.1) is 6.54 Å². The van der Waals surface area contributed by atoms with Gasteiger partial charge in [0.15, 0.2) is 6.19 Å². The van der Waals surface area contributed by atoms with Gasteiger partial charge in [-0.2, -0.15) is 9.65 Å². The van der Waals surface area contributed by atoms with Gasteiger partial charge in [-0.15, -0.1) is 0 Å². The largest absolute Gasteiger partial charge is 0.298 e. The maximum atomic E-state index is 12.2. The Morgan fingerprint density at radius 3 is 3.00 bits per heavy atom. The van der Waals surface area contributed by atoms with Crippen molar-refractivity contribution in [3.05, 3.63) is 18.8 Å². The molecule has 0 saturated heterocycles. The summed E-state index contributed by atoms with van der Waals surface area (Å²) >= 11 is 0. The maximum absolute atomic E-state index is 12.2. The van der Waals surface area contributed by atoms with E-state index < -0.39 is 6.09 Å². The highest BCUT2D eigenvalue weighted by Crippen LogP contribution is 2.02. The van der Waals surface area contributed by atoms with E-state index in [0.29, 0.717) is 0 Å². The lowest BCUT2D eigenvalue weighted by Crippen LogP contribution is -2.19. The molecule has 0 saturated carbocycles. The van der Waals surface area contributed by atoms with Gasteiger partial charge < -0.3 is 0 Å². The van der Waals surface area contributed by atoms with E-state index in [9.17, 15) is 4.39 Å². The average molecular weight is 124 g/mol. The predicted molar refractivity (Wildman–Crippen MR) is 29.4 cm³/mol. The first-order valence-electron chi connectivity index (χ1n) is 2.27. The van der Waals surface area contributed by atoms with Gasteiger partial charge >= 0.3 is 0 Å². The molecular weight excluding hydrogens is 121 g/mol. The molecule has 1 aliphatic heterocycles. The minimum absolute atomic E-state index is 0.736. The van der Waals surface area contributed by atoms with Gasteiger partial charge in [0, 0.05) is 6.20 Å². The first-order valence-corrected chi connectivity index (χ1v) is 2.27. The number of aliphatic imine (C=N–C) groups is 1. The zero-order valence-corrected chi connectivity index (χ0v) is 4.45. The topological polar surface area (TPSA) is 39.4 Å². The van der Waals surface area contributed by atoms with Crippen LogP contribution in [0.15, 0.2) is 17.3 Å². The molecule has 0 aromatic heterocycles. The SMILES string of the molecule is N#CN1[CH]C=CN=C1F. The number of rotatable bonds is 0. The molecule has 0 amide bonds. The Balaban J connectivity index is 2.73. The lowest BCUT2D eigenvalue weighted by Gasteiger charge is -2.09. The molecule has 4 heteroatoms. The molecule has 0 unspecified atom stereocenters. The molecule has 0 aromatic rings. The second-order valence-corrected chi connectivity index (χ2v) is 1.36. The molecule has 1 aliphatic rings. The van der Waals surface area contributed by atoms with Gasteiger partial charge in [0.1, 0.15) is 0 Å². The van der Waals surface area contributed by atoms with Gasteiger partial charge in [0.25, 0.3) is 6.09 Å². The Kier molecular flexibility index (Phi) is 1.45. The zero-order chi connectivity index (χ0) is 6.69. The quantitative estimate of drug-likeness (QED) is 0.353. The fraction of sp³-hybridized carbons (Fsp3) is 0. The molecular formula is C5H3FN3. The summed E-state index contributed by atoms with van der Waals surface area (Å²) in [5.74, 6) is 0. The third kappa shape index (κ3) is 1.05. The van der Waals surface area contributed by atoms with E-state index in [1.165, 1.54) is 18.8 Å². The third-order valence-electron chi connectivity index (χ3n) is 0.809. The van der Waals surface area contributed by atoms with Crippen LogP contribution >= 0.6 is 0 Å². The molecule has 9 heavy (non-hydrogen) atoms. The number of hydrogen-bond donors (Lipinski definition) is 0. The van der Waals surface area contributed by atoms with Crippen LogP contribution < -0.4 is 0 Å². The molecule has 0 aromatic carbocycles. The van der Waals surface area contributed by atoms with Crippen LogP contribution in [0.5, 0.6) is 0 Å². The van der Waals surface area contributed by atoms with E-state index in [0.717, 1.165) is 4.90 Å². The summed E-state index contributed by atoms with van der Waals surface area (Å²) in [4.78, 5) is 3.96. The number of halogens is 1. The Labute approximate surface area is 51.7 Å². The number of hydrogen-bond acceptors (Lipinski definition) is 3. The van der Waals surface area contributed by atoms with Gasteiger partial charge in [-0.3, -0.25) is 0 Å². The first kappa shape index (κ1) is 5.76. The van der Waals surface area contributed by atoms with Gasteiger partial charge in [0.2, 0.25) is 0 Å². The molecule has 0 aliphatic carbocycles. The molecule has 0 fully saturated rings. The minimum atomic E-state index is -0.792. The van der Waals surface area contributed by atoms with Crippen molar-refractivity contribution in [1.29, 1.82) is 5.26 Å². The standard InChI is InChI=1S/C5H3FN3/c6-5-8-2-1-3-9(5)4-7/h1-3H. The minimum Gasteiger partial charge on any atom is -0.229 e. The summed E-state index contributed by atoms with van der Waals surface area (Å²) in [6.45, 7) is 1.29. The molecule has 0 atom stereocenters. The summed E-state index contributed by atoms with van der Waals surface area (Å²) in [5.41, 5.74) is 0. The predicted octanol–water partition coefficient (Wildman–Crippen LogP) is 0.784. The fourth-order valence-corrected chi connectivity index (χ4v) is 0.427. The van der Waals surface area contributed by atoms with E-state index in [1.807, 2.05) is 0 Å². The molecule has 0 spiro atoms. The summed E-state index contributed by atoms with van der Waals surface area (Å²) in [5, 5.41) is 8.15. The van der Waals surface area contributed by atoms with E-state index in [-0.39, 0.29) is 0 Å². The highest BCUT2D eigenvalue weighted by molar-refractivity contribution is 5.76. The first-order chi connectivity index (χ1) is 4.34. The Hall–Kier alpha value is -1.37. The van der Waals surface area contributed by atoms with Gasteiger partial charge in [-0.1, -0.05) is 0 Å². The fourth-order valence-electron chi connectivity index (χ4n) is 0.427. The van der Waals surface area contributed by atoms with Gasteiger partial charge in [-0.05, 0) is 6.08 Å². The number of nitrogens with zero attached hydrogens (tertiary/aromatic N) is 3. The molecule has 1 heterocycles. The van der Waals surface area contributed by atoms with Crippen molar-refractivity contribution >= 4 is 6.09 Å². The third-order valence-corrected chi connectivity index (χ3v) is 0.809. The van der Waals surface area contributed by atoms with Crippen LogP contribution in [0.1, 0.15) is 0 Å². The van der Waals surface area contributed by atoms with E-state index in [2.05, 4.69) is 4.99 Å². The smallest absolute Gasteiger partial charge is 0.229 e. The van der Waals surface area contributed by atoms with E-state index in [1.54, 1.807) is 6.19 Å². The lowest BCUT2D eigenvalue weighted by molar-refractivity contribution is 0.589. The van der Waals surface area contributed by atoms with Crippen LogP contribution in [0, 0.1) is 18.0 Å². The lowest BCUT2D eigenvalue weighted by atomic mass is 10.5. The molecule has 0 N–H and O–H groups in total. The summed E-state index contributed by atoms with van der Waals surface area (Å²) in [7, 11) is 0. The van der Waals surface area contributed by atoms with Crippen LogP contribution in [0.25, 0.3) is 0 Å². The van der Waals surface area contributed by atoms with Crippen molar-refractivity contribution in [3.8, 4) is 6.19 Å². The molecule has 0 bridgehead atoms. The van der Waals surface area contributed by atoms with E-state index >= 15 is 0 Å². The van der Waals surface area contributed by atoms with Crippen molar-refractivity contribution in [3.63, 3.8) is 0 Å². The monoisotopic (exact) mass is 124 g/mol. The summed E-state index contributed by atoms with van der Waals surface area (Å²) in [6.07, 6.45) is 3.54. The van der Waals surface area contributed by atoms with Crippen molar-refractivity contribution < 1.29 is 4.39 Å². The Morgan fingerprint density at radius 2 is 2.56 bits per heavy atom. The van der Waals surface area contributed by atoms with Crippen LogP contribution in [-0.2, 0) is 0 Å². The highest BCUT2D eigenvalue weighted by Gasteiger charge is 2.09. The van der Waals surface area contributed by atoms with Crippen molar-refractivity contribution in [1.82, 2.24) is 4.90 Å². The number of amidine groups is 1. The summed E-state index contributed by atoms with van der Waals surface area (Å²) in [6, 6.07) is 0. The molecule has 1 rings (SSSR count). The van der Waals surface area contributed by atoms with Crippen LogP contribution in [0.3, 0.4) is 0 Å². The van der Waals surface area contributed by atoms with Crippen molar-refractivity contribution in [2.24, 2.45) is 4.99 Å². The van der Waals surface area contributed by atoms with Gasteiger partial charge in [-0.25, -0.2) is 9.89 Å². The number of nitriles is 1. The summed E-state index contributed by atoms with van der Waals surface area (Å²) < 4.78 is 12.2. The van der Waals surface area contributed by atoms with Crippen LogP contribution in [-0.4, -0.2) is 11.0 Å². The average Bonchev–Trinajstić information content (AvgIpc) is 1.89. The highest BCUT2D eigenvalue weighted by atomic mass is 19.1. The second kappa shape index (κ2) is 2.27. The van der Waals surface area contributed by atoms with Crippen LogP contribution in [0.2, 0.25) is 0 Å². The Morgan fingerprint density at radius 1 is 1.78 bits per heavy atom. The van der Waals surface area contributed by atoms with Crippen LogP contribution in [0.4, 0.5) is 4.39 Å². The van der Waals surface area contributed by atoms with E-state index in [4.69, 9.17) is 5.26 Å². The molecule has 1 radical (unpaired) electrons. The Bertz CT molecular complexity index is 201. The molecule has 45 valence electrons. The van der Waals surface area contributed by atoms with Crippen molar-refractivity contribution in [2.45, 2.75) is 0 Å². The second-order valence-electron chi connectivity index (χ2n) is 1.36. The maximum Gasteiger partial charge on any atom is 0.298 e. The normalized spacial score (nSPS) is 16.9. The molecule has 3 nitrogen and oxygen atoms in total.